The number of rotatable bonds is 8. The highest BCUT2D eigenvalue weighted by Gasteiger charge is 2.34. The molecule has 1 aliphatic heterocycles. The monoisotopic (exact) mass is 506 g/mol. The maximum Gasteiger partial charge on any atom is 0.331 e. The Morgan fingerprint density at radius 3 is 2.56 bits per heavy atom. The van der Waals surface area contributed by atoms with Gasteiger partial charge in [0.1, 0.15) is 24.2 Å². The number of hydrogen-bond acceptors (Lipinski definition) is 2. The number of ether oxygens (including phenoxy) is 1. The predicted molar refractivity (Wildman–Crippen MR) is 145 cm³/mol. The van der Waals surface area contributed by atoms with Gasteiger partial charge in [-0.2, -0.15) is 0 Å². The number of aliphatic carboxylic acids is 1. The molecule has 1 heterocycles. The smallest absolute Gasteiger partial charge is 0.331 e. The molecule has 4 rings (SSSR count). The van der Waals surface area contributed by atoms with Gasteiger partial charge in [-0.3, -0.25) is 0 Å². The lowest BCUT2D eigenvalue weighted by Gasteiger charge is -2.22. The number of carboxylic acids is 1. The van der Waals surface area contributed by atoms with E-state index in [-0.39, 0.29) is 5.82 Å². The normalized spacial score (nSPS) is 14.2. The van der Waals surface area contributed by atoms with Crippen LogP contribution in [0.25, 0.3) is 21.9 Å². The third-order valence-corrected chi connectivity index (χ3v) is 7.44. The molecule has 0 atom stereocenters. The summed E-state index contributed by atoms with van der Waals surface area (Å²) in [7, 11) is 2.02. The van der Waals surface area contributed by atoms with E-state index in [1.165, 1.54) is 12.1 Å². The maximum atomic E-state index is 13.6. The van der Waals surface area contributed by atoms with Gasteiger partial charge in [-0.05, 0) is 79.1 Å². The summed E-state index contributed by atoms with van der Waals surface area (Å²) in [4.78, 5) is 12.0. The van der Waals surface area contributed by atoms with Crippen molar-refractivity contribution in [2.75, 3.05) is 13.7 Å². The van der Waals surface area contributed by atoms with E-state index in [4.69, 9.17) is 16.3 Å². The fourth-order valence-electron chi connectivity index (χ4n) is 4.91. The zero-order chi connectivity index (χ0) is 26.1. The Kier molecular flexibility index (Phi) is 7.32. The molecule has 186 valence electrons. The van der Waals surface area contributed by atoms with Gasteiger partial charge in [0.05, 0.1) is 6.61 Å². The Balaban J connectivity index is 1.60. The largest absolute Gasteiger partial charge is 0.493 e. The number of halogens is 2. The van der Waals surface area contributed by atoms with Crippen molar-refractivity contribution in [3.05, 3.63) is 87.3 Å². The van der Waals surface area contributed by atoms with Crippen molar-refractivity contribution in [1.29, 1.82) is 0 Å². The van der Waals surface area contributed by atoms with E-state index >= 15 is 0 Å². The van der Waals surface area contributed by atoms with Gasteiger partial charge in [0.2, 0.25) is 0 Å². The highest BCUT2D eigenvalue weighted by Crippen LogP contribution is 2.39. The first-order chi connectivity index (χ1) is 17.1. The van der Waals surface area contributed by atoms with E-state index in [9.17, 15) is 14.3 Å². The summed E-state index contributed by atoms with van der Waals surface area (Å²) in [6, 6.07) is 13.9. The fraction of sp³-hybridized carbons (Fsp3) is 0.267. The average molecular weight is 507 g/mol. The molecular formula is C30H30ClFNO3+. The highest BCUT2D eigenvalue weighted by atomic mass is 35.5. The molecule has 0 saturated heterocycles. The molecule has 0 amide bonds. The summed E-state index contributed by atoms with van der Waals surface area (Å²) in [6.45, 7) is 8.16. The van der Waals surface area contributed by atoms with Crippen LogP contribution in [0.15, 0.2) is 59.8 Å². The van der Waals surface area contributed by atoms with E-state index in [0.29, 0.717) is 35.8 Å². The summed E-state index contributed by atoms with van der Waals surface area (Å²) in [5.74, 6) is -0.552. The first-order valence-corrected chi connectivity index (χ1v) is 12.3. The van der Waals surface area contributed by atoms with Crippen LogP contribution in [0.1, 0.15) is 50.3 Å². The standard InChI is InChI=1S/C30H29ClFNO3/c1-17-24(13-14-26(31)28(17)29-19(3)33(5)20(29)4)23(18(2)30(34)35)9-7-15-36-27-10-6-8-21-16-22(32)11-12-25(21)27/h6,8,10-14,16H,7,9,15H2,1-5H3/p+1/b23-18+. The van der Waals surface area contributed by atoms with Crippen molar-refractivity contribution in [2.24, 2.45) is 0 Å². The molecule has 4 nitrogen and oxygen atoms in total. The zero-order valence-corrected chi connectivity index (χ0v) is 22.0. The summed E-state index contributed by atoms with van der Waals surface area (Å²) >= 11 is 6.64. The number of carbonyl (C=O) groups is 1. The van der Waals surface area contributed by atoms with E-state index in [0.717, 1.165) is 50.0 Å². The number of hydrogen-bond donors (Lipinski definition) is 1. The van der Waals surface area contributed by atoms with Crippen LogP contribution >= 0.6 is 11.6 Å². The van der Waals surface area contributed by atoms with Crippen LogP contribution in [0, 0.1) is 12.7 Å². The lowest BCUT2D eigenvalue weighted by Crippen LogP contribution is -2.27. The molecule has 0 bridgehead atoms. The van der Waals surface area contributed by atoms with Crippen LogP contribution in [0.2, 0.25) is 5.02 Å². The van der Waals surface area contributed by atoms with Crippen LogP contribution in [0.5, 0.6) is 5.75 Å². The molecule has 36 heavy (non-hydrogen) atoms. The van der Waals surface area contributed by atoms with E-state index in [2.05, 4.69) is 18.4 Å². The van der Waals surface area contributed by atoms with Gasteiger partial charge in [0, 0.05) is 35.4 Å². The number of benzene rings is 3. The Bertz CT molecular complexity index is 1480. The van der Waals surface area contributed by atoms with E-state index < -0.39 is 5.97 Å². The van der Waals surface area contributed by atoms with Crippen molar-refractivity contribution in [3.63, 3.8) is 0 Å². The molecule has 0 radical (unpaired) electrons. The second-order valence-electron chi connectivity index (χ2n) is 9.18. The molecule has 0 unspecified atom stereocenters. The van der Waals surface area contributed by atoms with Gasteiger partial charge in [0.15, 0.2) is 11.4 Å². The summed E-state index contributed by atoms with van der Waals surface area (Å²) in [5.41, 5.74) is 7.28. The molecule has 0 fully saturated rings. The molecule has 1 aliphatic rings. The minimum absolute atomic E-state index is 0.288. The van der Waals surface area contributed by atoms with Gasteiger partial charge in [0.25, 0.3) is 0 Å². The predicted octanol–water partition coefficient (Wildman–Crippen LogP) is 7.51. The molecule has 3 aromatic carbocycles. The lowest BCUT2D eigenvalue weighted by atomic mass is 9.85. The number of allylic oxidation sites excluding steroid dienone is 3. The van der Waals surface area contributed by atoms with Gasteiger partial charge < -0.3 is 9.84 Å². The van der Waals surface area contributed by atoms with Gasteiger partial charge in [-0.25, -0.2) is 13.8 Å². The van der Waals surface area contributed by atoms with E-state index in [1.54, 1.807) is 13.0 Å². The highest BCUT2D eigenvalue weighted by molar-refractivity contribution is 6.36. The number of nitrogens with zero attached hydrogens (tertiary/aromatic N) is 1. The second-order valence-corrected chi connectivity index (χ2v) is 9.59. The molecule has 0 saturated carbocycles. The maximum absolute atomic E-state index is 13.6. The summed E-state index contributed by atoms with van der Waals surface area (Å²) in [5, 5.41) is 12.1. The van der Waals surface area contributed by atoms with Crippen molar-refractivity contribution in [1.82, 2.24) is 0 Å². The molecule has 6 heteroatoms. The van der Waals surface area contributed by atoms with Crippen LogP contribution < -0.4 is 4.74 Å². The molecule has 0 aliphatic carbocycles. The van der Waals surface area contributed by atoms with Crippen molar-refractivity contribution in [3.8, 4) is 5.75 Å². The van der Waals surface area contributed by atoms with Crippen molar-refractivity contribution in [2.45, 2.75) is 40.5 Å². The fourth-order valence-corrected chi connectivity index (χ4v) is 5.20. The Morgan fingerprint density at radius 2 is 1.86 bits per heavy atom. The molecule has 3 aromatic rings. The summed E-state index contributed by atoms with van der Waals surface area (Å²) < 4.78 is 21.7. The SMILES string of the molecule is CC1=C(c2c(Cl)ccc(/C(CCCOc3cccc4cc(F)ccc34)=C(\C)C(=O)O)c2C)C(C)=[N+]1C. The van der Waals surface area contributed by atoms with Gasteiger partial charge in [-0.1, -0.05) is 29.8 Å². The van der Waals surface area contributed by atoms with Crippen LogP contribution in [0.4, 0.5) is 4.39 Å². The van der Waals surface area contributed by atoms with Gasteiger partial charge >= 0.3 is 5.97 Å². The zero-order valence-electron chi connectivity index (χ0n) is 21.2. The van der Waals surface area contributed by atoms with Crippen molar-refractivity contribution < 1.29 is 23.6 Å². The topological polar surface area (TPSA) is 49.5 Å². The van der Waals surface area contributed by atoms with Crippen LogP contribution in [0.3, 0.4) is 0 Å². The van der Waals surface area contributed by atoms with Crippen LogP contribution in [-0.2, 0) is 4.79 Å². The van der Waals surface area contributed by atoms with Crippen molar-refractivity contribution >= 4 is 45.2 Å². The first-order valence-electron chi connectivity index (χ1n) is 11.9. The molecular weight excluding hydrogens is 477 g/mol. The number of carboxylic acid groups (broad SMARTS) is 1. The molecule has 1 N–H and O–H groups in total. The Labute approximate surface area is 216 Å². The quantitative estimate of drug-likeness (QED) is 0.195. The molecule has 0 aromatic heterocycles. The minimum atomic E-state index is -0.945. The third-order valence-electron chi connectivity index (χ3n) is 7.12. The van der Waals surface area contributed by atoms with Crippen LogP contribution in [-0.4, -0.2) is 35.0 Å². The first kappa shape index (κ1) is 25.6. The average Bonchev–Trinajstić information content (AvgIpc) is 2.86. The second kappa shape index (κ2) is 10.3. The lowest BCUT2D eigenvalue weighted by molar-refractivity contribution is -0.451. The Morgan fingerprint density at radius 1 is 1.11 bits per heavy atom. The minimum Gasteiger partial charge on any atom is -0.493 e. The number of fused-ring (bicyclic) bond motifs is 1. The Hall–Kier alpha value is -3.44. The van der Waals surface area contributed by atoms with E-state index in [1.807, 2.05) is 44.3 Å². The summed E-state index contributed by atoms with van der Waals surface area (Å²) in [6.07, 6.45) is 1.14. The third kappa shape index (κ3) is 4.68. The van der Waals surface area contributed by atoms with Gasteiger partial charge in [-0.15, -0.1) is 0 Å². The molecule has 0 spiro atoms.